The molecular formula is C22H24N2O4. The van der Waals surface area contributed by atoms with Crippen molar-refractivity contribution in [3.05, 3.63) is 66.2 Å². The van der Waals surface area contributed by atoms with Gasteiger partial charge in [0, 0.05) is 25.7 Å². The first-order valence-corrected chi connectivity index (χ1v) is 9.30. The van der Waals surface area contributed by atoms with Gasteiger partial charge in [0.25, 0.3) is 5.91 Å². The fourth-order valence-corrected chi connectivity index (χ4v) is 3.32. The number of carbonyl (C=O) groups excluding carboxylic acids is 3. The van der Waals surface area contributed by atoms with Crippen LogP contribution >= 0.6 is 0 Å². The first-order chi connectivity index (χ1) is 13.5. The summed E-state index contributed by atoms with van der Waals surface area (Å²) in [6, 6.07) is 18.7. The van der Waals surface area contributed by atoms with E-state index in [2.05, 4.69) is 0 Å². The molecule has 2 aromatic carbocycles. The van der Waals surface area contributed by atoms with Crippen molar-refractivity contribution in [3.63, 3.8) is 0 Å². The van der Waals surface area contributed by atoms with E-state index in [0.29, 0.717) is 6.54 Å². The number of likely N-dealkylation sites (tertiary alicyclic amines) is 1. The zero-order valence-electron chi connectivity index (χ0n) is 16.1. The summed E-state index contributed by atoms with van der Waals surface area (Å²) in [6.07, 6.45) is 0.110. The number of carbonyl (C=O) groups is 3. The van der Waals surface area contributed by atoms with Crippen LogP contribution in [0.15, 0.2) is 60.7 Å². The van der Waals surface area contributed by atoms with Gasteiger partial charge in [-0.05, 0) is 24.6 Å². The van der Waals surface area contributed by atoms with Crippen LogP contribution in [0, 0.1) is 5.92 Å². The van der Waals surface area contributed by atoms with Crippen LogP contribution in [0.1, 0.15) is 24.9 Å². The van der Waals surface area contributed by atoms with Crippen molar-refractivity contribution in [2.75, 3.05) is 25.1 Å². The number of likely N-dealkylation sites (N-methyl/N-ethyl adjacent to an activating group) is 1. The maximum atomic E-state index is 12.4. The summed E-state index contributed by atoms with van der Waals surface area (Å²) >= 11 is 0. The third-order valence-corrected chi connectivity index (χ3v) is 5.10. The average molecular weight is 380 g/mol. The fraction of sp³-hybridized carbons (Fsp3) is 0.318. The first kappa shape index (κ1) is 19.6. The van der Waals surface area contributed by atoms with Crippen LogP contribution in [0.3, 0.4) is 0 Å². The summed E-state index contributed by atoms with van der Waals surface area (Å²) in [5, 5.41) is 0. The number of hydrogen-bond acceptors (Lipinski definition) is 4. The number of esters is 1. The monoisotopic (exact) mass is 380 g/mol. The zero-order chi connectivity index (χ0) is 20.1. The number of benzene rings is 2. The molecule has 0 unspecified atom stereocenters. The van der Waals surface area contributed by atoms with Gasteiger partial charge >= 0.3 is 5.97 Å². The van der Waals surface area contributed by atoms with E-state index in [0.717, 1.165) is 11.3 Å². The van der Waals surface area contributed by atoms with Gasteiger partial charge in [-0.2, -0.15) is 0 Å². The molecule has 2 atom stereocenters. The van der Waals surface area contributed by atoms with Crippen molar-refractivity contribution in [2.45, 2.75) is 19.4 Å². The van der Waals surface area contributed by atoms with E-state index in [1.807, 2.05) is 55.5 Å². The minimum absolute atomic E-state index is 0.0777. The molecule has 1 aliphatic heterocycles. The van der Waals surface area contributed by atoms with Crippen molar-refractivity contribution in [3.8, 4) is 0 Å². The molecule has 6 heteroatoms. The molecule has 0 saturated carbocycles. The van der Waals surface area contributed by atoms with Gasteiger partial charge in [-0.3, -0.25) is 14.4 Å². The molecule has 1 heterocycles. The number of nitrogens with zero attached hydrogens (tertiary/aromatic N) is 2. The number of para-hydroxylation sites is 1. The quantitative estimate of drug-likeness (QED) is 0.723. The van der Waals surface area contributed by atoms with Gasteiger partial charge in [0.15, 0.2) is 6.61 Å². The first-order valence-electron chi connectivity index (χ1n) is 9.30. The maximum absolute atomic E-state index is 12.4. The largest absolute Gasteiger partial charge is 0.455 e. The van der Waals surface area contributed by atoms with Crippen molar-refractivity contribution < 1.29 is 19.1 Å². The summed E-state index contributed by atoms with van der Waals surface area (Å²) in [7, 11) is 1.63. The molecular weight excluding hydrogens is 356 g/mol. The molecule has 0 bridgehead atoms. The molecule has 0 radical (unpaired) electrons. The minimum Gasteiger partial charge on any atom is -0.455 e. The van der Waals surface area contributed by atoms with E-state index in [1.54, 1.807) is 24.1 Å². The van der Waals surface area contributed by atoms with Crippen LogP contribution in [0.2, 0.25) is 0 Å². The third kappa shape index (κ3) is 4.39. The topological polar surface area (TPSA) is 66.9 Å². The molecule has 1 saturated heterocycles. The van der Waals surface area contributed by atoms with Crippen molar-refractivity contribution in [2.24, 2.45) is 5.92 Å². The standard InChI is InChI=1S/C22H24N2O4/c1-16(17-9-5-3-6-10-17)24-14-18(13-20(24)25)22(27)28-15-21(26)23(2)19-11-7-4-8-12-19/h3-12,16,18H,13-15H2,1-2H3/t16-,18-/m1/s1. The summed E-state index contributed by atoms with van der Waals surface area (Å²) in [5.74, 6) is -1.45. The molecule has 0 N–H and O–H groups in total. The number of hydrogen-bond donors (Lipinski definition) is 0. The van der Waals surface area contributed by atoms with Crippen molar-refractivity contribution in [1.29, 1.82) is 0 Å². The Bertz CT molecular complexity index is 838. The summed E-state index contributed by atoms with van der Waals surface area (Å²) < 4.78 is 5.20. The second-order valence-corrected chi connectivity index (χ2v) is 6.93. The lowest BCUT2D eigenvalue weighted by Gasteiger charge is -2.25. The van der Waals surface area contributed by atoms with E-state index in [9.17, 15) is 14.4 Å². The lowest BCUT2D eigenvalue weighted by Crippen LogP contribution is -2.33. The van der Waals surface area contributed by atoms with Gasteiger partial charge in [-0.1, -0.05) is 48.5 Å². The Kier molecular flexibility index (Phi) is 6.09. The van der Waals surface area contributed by atoms with Gasteiger partial charge in [-0.15, -0.1) is 0 Å². The van der Waals surface area contributed by atoms with E-state index in [1.165, 1.54) is 4.90 Å². The second kappa shape index (κ2) is 8.69. The Hall–Kier alpha value is -3.15. The Morgan fingerprint density at radius 2 is 1.71 bits per heavy atom. The summed E-state index contributed by atoms with van der Waals surface area (Å²) in [4.78, 5) is 40.2. The highest BCUT2D eigenvalue weighted by Crippen LogP contribution is 2.29. The second-order valence-electron chi connectivity index (χ2n) is 6.93. The predicted octanol–water partition coefficient (Wildman–Crippen LogP) is 2.80. The molecule has 0 aromatic heterocycles. The SMILES string of the molecule is C[C@H](c1ccccc1)N1C[C@H](C(=O)OCC(=O)N(C)c2ccccc2)CC1=O. The van der Waals surface area contributed by atoms with Crippen molar-refractivity contribution >= 4 is 23.5 Å². The summed E-state index contributed by atoms with van der Waals surface area (Å²) in [5.41, 5.74) is 1.74. The van der Waals surface area contributed by atoms with Crippen LogP contribution in [0.25, 0.3) is 0 Å². The number of anilines is 1. The highest BCUT2D eigenvalue weighted by molar-refractivity contribution is 5.95. The minimum atomic E-state index is -0.548. The van der Waals surface area contributed by atoms with E-state index in [4.69, 9.17) is 4.74 Å². The summed E-state index contributed by atoms with van der Waals surface area (Å²) in [6.45, 7) is 1.90. The fourth-order valence-electron chi connectivity index (χ4n) is 3.32. The van der Waals surface area contributed by atoms with Gasteiger partial charge in [-0.25, -0.2) is 0 Å². The Labute approximate surface area is 164 Å². The maximum Gasteiger partial charge on any atom is 0.311 e. The van der Waals surface area contributed by atoms with Gasteiger partial charge < -0.3 is 14.5 Å². The van der Waals surface area contributed by atoms with Crippen LogP contribution in [0.4, 0.5) is 5.69 Å². The smallest absolute Gasteiger partial charge is 0.311 e. The normalized spacial score (nSPS) is 17.3. The Balaban J connectivity index is 1.54. The van der Waals surface area contributed by atoms with E-state index < -0.39 is 11.9 Å². The van der Waals surface area contributed by atoms with Crippen LogP contribution < -0.4 is 4.90 Å². The van der Waals surface area contributed by atoms with Crippen molar-refractivity contribution in [1.82, 2.24) is 4.90 Å². The van der Waals surface area contributed by atoms with E-state index in [-0.39, 0.29) is 30.9 Å². The molecule has 0 spiro atoms. The number of amides is 2. The lowest BCUT2D eigenvalue weighted by molar-refractivity contribution is -0.151. The lowest BCUT2D eigenvalue weighted by atomic mass is 10.1. The number of ether oxygens (including phenoxy) is 1. The molecule has 146 valence electrons. The molecule has 1 fully saturated rings. The third-order valence-electron chi connectivity index (χ3n) is 5.10. The molecule has 0 aliphatic carbocycles. The Morgan fingerprint density at radius 3 is 2.36 bits per heavy atom. The molecule has 3 rings (SSSR count). The van der Waals surface area contributed by atoms with Gasteiger partial charge in [0.2, 0.25) is 5.91 Å². The highest BCUT2D eigenvalue weighted by Gasteiger charge is 2.38. The van der Waals surface area contributed by atoms with Gasteiger partial charge in [0.05, 0.1) is 12.0 Å². The Morgan fingerprint density at radius 1 is 1.11 bits per heavy atom. The van der Waals surface area contributed by atoms with Crippen LogP contribution in [-0.4, -0.2) is 42.9 Å². The molecule has 2 aromatic rings. The molecule has 2 amide bonds. The predicted molar refractivity (Wildman–Crippen MR) is 105 cm³/mol. The van der Waals surface area contributed by atoms with Gasteiger partial charge in [0.1, 0.15) is 0 Å². The molecule has 1 aliphatic rings. The van der Waals surface area contributed by atoms with E-state index >= 15 is 0 Å². The highest BCUT2D eigenvalue weighted by atomic mass is 16.5. The molecule has 28 heavy (non-hydrogen) atoms. The number of rotatable bonds is 6. The van der Waals surface area contributed by atoms with Crippen LogP contribution in [0.5, 0.6) is 0 Å². The average Bonchev–Trinajstić information content (AvgIpc) is 3.13. The zero-order valence-corrected chi connectivity index (χ0v) is 16.1. The molecule has 6 nitrogen and oxygen atoms in total. The van der Waals surface area contributed by atoms with Crippen LogP contribution in [-0.2, 0) is 19.1 Å².